The predicted octanol–water partition coefficient (Wildman–Crippen LogP) is 2.48. The van der Waals surface area contributed by atoms with Crippen molar-refractivity contribution in [2.45, 2.75) is 25.6 Å². The summed E-state index contributed by atoms with van der Waals surface area (Å²) in [5.74, 6) is 0. The van der Waals surface area contributed by atoms with E-state index in [1.54, 1.807) is 0 Å². The minimum atomic E-state index is -2.92. The van der Waals surface area contributed by atoms with Crippen molar-refractivity contribution in [2.24, 2.45) is 0 Å². The fourth-order valence-electron chi connectivity index (χ4n) is 2.88. The van der Waals surface area contributed by atoms with Crippen LogP contribution in [0.1, 0.15) is 17.0 Å². The van der Waals surface area contributed by atoms with Crippen molar-refractivity contribution in [1.82, 2.24) is 14.7 Å². The predicted molar refractivity (Wildman–Crippen MR) is 94.6 cm³/mol. The molecule has 0 saturated carbocycles. The van der Waals surface area contributed by atoms with Crippen LogP contribution in [-0.4, -0.2) is 47.7 Å². The molecule has 3 rings (SSSR count). The van der Waals surface area contributed by atoms with Gasteiger partial charge in [0.2, 0.25) is 0 Å². The quantitative estimate of drug-likeness (QED) is 0.794. The van der Waals surface area contributed by atoms with Crippen molar-refractivity contribution in [3.8, 4) is 5.69 Å². The molecular weight excluding hydrogens is 378 g/mol. The third-order valence-electron chi connectivity index (χ3n) is 4.42. The standard InChI is InChI=1S/C16H20BrN3O2S/c1-11-16(10-19-8-15(9-19)23(3,21)22)12(2)20(18-11)14-6-4-13(17)5-7-14/h4-7,15H,8-10H2,1-3H3. The maximum atomic E-state index is 11.5. The van der Waals surface area contributed by atoms with Crippen molar-refractivity contribution < 1.29 is 8.42 Å². The molecule has 1 aromatic heterocycles. The lowest BCUT2D eigenvalue weighted by Crippen LogP contribution is -2.53. The number of aromatic nitrogens is 2. The van der Waals surface area contributed by atoms with Gasteiger partial charge in [-0.25, -0.2) is 13.1 Å². The van der Waals surface area contributed by atoms with Crippen molar-refractivity contribution in [3.05, 3.63) is 45.7 Å². The summed E-state index contributed by atoms with van der Waals surface area (Å²) in [6.07, 6.45) is 1.32. The number of nitrogens with zero attached hydrogens (tertiary/aromatic N) is 3. The first kappa shape index (κ1) is 16.7. The fourth-order valence-corrected chi connectivity index (χ4v) is 4.11. The molecule has 2 heterocycles. The number of likely N-dealkylation sites (tertiary alicyclic amines) is 1. The zero-order chi connectivity index (χ0) is 16.8. The van der Waals surface area contributed by atoms with Gasteiger partial charge >= 0.3 is 0 Å². The van der Waals surface area contributed by atoms with Crippen molar-refractivity contribution >= 4 is 25.8 Å². The number of hydrogen-bond donors (Lipinski definition) is 0. The molecule has 0 bridgehead atoms. The molecule has 23 heavy (non-hydrogen) atoms. The van der Waals surface area contributed by atoms with Gasteiger partial charge in [-0.1, -0.05) is 15.9 Å². The molecular formula is C16H20BrN3O2S. The Labute approximate surface area is 145 Å². The molecule has 0 N–H and O–H groups in total. The van der Waals surface area contributed by atoms with Crippen molar-refractivity contribution in [1.29, 1.82) is 0 Å². The Bertz CT molecular complexity index is 822. The second-order valence-electron chi connectivity index (χ2n) is 6.18. The summed E-state index contributed by atoms with van der Waals surface area (Å²) in [6.45, 7) is 6.04. The lowest BCUT2D eigenvalue weighted by Gasteiger charge is -2.37. The van der Waals surface area contributed by atoms with E-state index in [-0.39, 0.29) is 5.25 Å². The number of rotatable bonds is 4. The van der Waals surface area contributed by atoms with Gasteiger partial charge in [-0.2, -0.15) is 5.10 Å². The van der Waals surface area contributed by atoms with Crippen LogP contribution in [0.15, 0.2) is 28.7 Å². The third-order valence-corrected chi connectivity index (χ3v) is 6.46. The summed E-state index contributed by atoms with van der Waals surface area (Å²) in [4.78, 5) is 2.16. The Balaban J connectivity index is 1.78. The normalized spacial score (nSPS) is 16.5. The number of benzene rings is 1. The van der Waals surface area contributed by atoms with E-state index in [1.165, 1.54) is 11.8 Å². The average Bonchev–Trinajstić information content (AvgIpc) is 2.69. The summed E-state index contributed by atoms with van der Waals surface area (Å²) >= 11 is 3.44. The maximum Gasteiger partial charge on any atom is 0.152 e. The van der Waals surface area contributed by atoms with Crippen LogP contribution in [0.3, 0.4) is 0 Å². The van der Waals surface area contributed by atoms with Gasteiger partial charge in [0.15, 0.2) is 9.84 Å². The van der Waals surface area contributed by atoms with Crippen LogP contribution in [0.5, 0.6) is 0 Å². The highest BCUT2D eigenvalue weighted by molar-refractivity contribution is 9.10. The van der Waals surface area contributed by atoms with Gasteiger partial charge in [0.25, 0.3) is 0 Å². The average molecular weight is 398 g/mol. The van der Waals surface area contributed by atoms with Crippen LogP contribution in [0.2, 0.25) is 0 Å². The highest BCUT2D eigenvalue weighted by Crippen LogP contribution is 2.24. The molecule has 2 aromatic rings. The minimum absolute atomic E-state index is 0.218. The van der Waals surface area contributed by atoms with E-state index in [2.05, 4.69) is 32.9 Å². The second kappa shape index (κ2) is 6.03. The van der Waals surface area contributed by atoms with Crippen LogP contribution in [0.4, 0.5) is 0 Å². The van der Waals surface area contributed by atoms with Gasteiger partial charge in [-0.15, -0.1) is 0 Å². The highest BCUT2D eigenvalue weighted by Gasteiger charge is 2.35. The number of aryl methyl sites for hydroxylation is 1. The lowest BCUT2D eigenvalue weighted by atomic mass is 10.1. The summed E-state index contributed by atoms with van der Waals surface area (Å²) in [5, 5.41) is 4.43. The van der Waals surface area contributed by atoms with Gasteiger partial charge in [0.05, 0.1) is 16.6 Å². The maximum absolute atomic E-state index is 11.5. The summed E-state index contributed by atoms with van der Waals surface area (Å²) in [5.41, 5.74) is 4.30. The van der Waals surface area contributed by atoms with Gasteiger partial charge in [0.1, 0.15) is 0 Å². The van der Waals surface area contributed by atoms with E-state index in [1.807, 2.05) is 35.9 Å². The molecule has 0 spiro atoms. The Morgan fingerprint density at radius 1 is 1.22 bits per heavy atom. The molecule has 1 aliphatic rings. The number of sulfone groups is 1. The second-order valence-corrected chi connectivity index (χ2v) is 9.42. The molecule has 5 nitrogen and oxygen atoms in total. The van der Waals surface area contributed by atoms with E-state index >= 15 is 0 Å². The van der Waals surface area contributed by atoms with Crippen LogP contribution in [0.25, 0.3) is 5.69 Å². The fraction of sp³-hybridized carbons (Fsp3) is 0.438. The molecule has 124 valence electrons. The molecule has 0 atom stereocenters. The first-order valence-electron chi connectivity index (χ1n) is 7.48. The van der Waals surface area contributed by atoms with Gasteiger partial charge in [0, 0.05) is 41.6 Å². The Morgan fingerprint density at radius 2 is 1.83 bits per heavy atom. The van der Waals surface area contributed by atoms with E-state index < -0.39 is 9.84 Å². The zero-order valence-corrected chi connectivity index (χ0v) is 15.9. The molecule has 1 fully saturated rings. The molecule has 7 heteroatoms. The molecule has 0 unspecified atom stereocenters. The van der Waals surface area contributed by atoms with E-state index in [0.717, 1.165) is 28.1 Å². The van der Waals surface area contributed by atoms with E-state index in [0.29, 0.717) is 13.1 Å². The Hall–Kier alpha value is -1.18. The summed E-state index contributed by atoms with van der Waals surface area (Å²) < 4.78 is 26.0. The van der Waals surface area contributed by atoms with Gasteiger partial charge < -0.3 is 0 Å². The summed E-state index contributed by atoms with van der Waals surface area (Å²) in [7, 11) is -2.92. The smallest absolute Gasteiger partial charge is 0.152 e. The summed E-state index contributed by atoms with van der Waals surface area (Å²) in [6, 6.07) is 8.04. The Kier molecular flexibility index (Phi) is 4.37. The molecule has 0 aliphatic carbocycles. The molecule has 1 aliphatic heterocycles. The van der Waals surface area contributed by atoms with Crippen molar-refractivity contribution in [2.75, 3.05) is 19.3 Å². The van der Waals surface area contributed by atoms with E-state index in [9.17, 15) is 8.42 Å². The van der Waals surface area contributed by atoms with E-state index in [4.69, 9.17) is 0 Å². The third kappa shape index (κ3) is 3.36. The largest absolute Gasteiger partial charge is 0.296 e. The molecule has 0 radical (unpaired) electrons. The molecule has 1 saturated heterocycles. The van der Waals surface area contributed by atoms with Crippen LogP contribution >= 0.6 is 15.9 Å². The van der Waals surface area contributed by atoms with Crippen molar-refractivity contribution in [3.63, 3.8) is 0 Å². The van der Waals surface area contributed by atoms with Crippen LogP contribution in [-0.2, 0) is 16.4 Å². The highest BCUT2D eigenvalue weighted by atomic mass is 79.9. The number of halogens is 1. The first-order valence-corrected chi connectivity index (χ1v) is 10.2. The molecule has 1 aromatic carbocycles. The van der Waals surface area contributed by atoms with Gasteiger partial charge in [-0.05, 0) is 38.1 Å². The SMILES string of the molecule is Cc1nn(-c2ccc(Br)cc2)c(C)c1CN1CC(S(C)(=O)=O)C1. The monoisotopic (exact) mass is 397 g/mol. The molecule has 0 amide bonds. The zero-order valence-electron chi connectivity index (χ0n) is 13.5. The minimum Gasteiger partial charge on any atom is -0.296 e. The topological polar surface area (TPSA) is 55.2 Å². The van der Waals surface area contributed by atoms with Gasteiger partial charge in [-0.3, -0.25) is 4.90 Å². The van der Waals surface area contributed by atoms with Crippen LogP contribution in [0, 0.1) is 13.8 Å². The van der Waals surface area contributed by atoms with Crippen LogP contribution < -0.4 is 0 Å². The first-order chi connectivity index (χ1) is 10.8. The lowest BCUT2D eigenvalue weighted by molar-refractivity contribution is 0.175. The number of hydrogen-bond acceptors (Lipinski definition) is 4. The Morgan fingerprint density at radius 3 is 2.39 bits per heavy atom.